The van der Waals surface area contributed by atoms with Gasteiger partial charge in [0.2, 0.25) is 0 Å². The van der Waals surface area contributed by atoms with Crippen LogP contribution in [0.25, 0.3) is 0 Å². The number of nitrogens with zero attached hydrogens (tertiary/aromatic N) is 3. The number of hydrogen-bond acceptors (Lipinski definition) is 5. The van der Waals surface area contributed by atoms with E-state index in [1.54, 1.807) is 0 Å². The van der Waals surface area contributed by atoms with Gasteiger partial charge < -0.3 is 10.6 Å². The van der Waals surface area contributed by atoms with E-state index in [9.17, 15) is 0 Å². The molecule has 0 unspecified atom stereocenters. The number of aromatic nitrogens is 4. The Morgan fingerprint density at radius 1 is 0.958 bits per heavy atom. The molecule has 128 valence electrons. The second kappa shape index (κ2) is 6.89. The summed E-state index contributed by atoms with van der Waals surface area (Å²) in [7, 11) is 0. The second-order valence-electron chi connectivity index (χ2n) is 6.84. The van der Waals surface area contributed by atoms with Gasteiger partial charge in [0.15, 0.2) is 0 Å². The second-order valence-corrected chi connectivity index (χ2v) is 6.84. The molecule has 0 atom stereocenters. The van der Waals surface area contributed by atoms with Crippen LogP contribution in [-0.2, 0) is 32.2 Å². The first kappa shape index (κ1) is 15.6. The first-order chi connectivity index (χ1) is 11.8. The highest BCUT2D eigenvalue weighted by Gasteiger charge is 2.18. The third kappa shape index (κ3) is 3.15. The highest BCUT2D eigenvalue weighted by molar-refractivity contribution is 5.48. The van der Waals surface area contributed by atoms with Gasteiger partial charge in [-0.3, -0.25) is 5.10 Å². The summed E-state index contributed by atoms with van der Waals surface area (Å²) in [6, 6.07) is 0. The fraction of sp³-hybridized carbons (Fsp3) is 0.611. The molecule has 0 saturated carbocycles. The van der Waals surface area contributed by atoms with Crippen LogP contribution >= 0.6 is 0 Å². The number of rotatable bonds is 3. The summed E-state index contributed by atoms with van der Waals surface area (Å²) in [6.07, 6.45) is 8.10. The van der Waals surface area contributed by atoms with Gasteiger partial charge in [0.05, 0.1) is 17.9 Å². The average molecular weight is 326 g/mol. The van der Waals surface area contributed by atoms with Crippen LogP contribution in [0.3, 0.4) is 0 Å². The zero-order valence-electron chi connectivity index (χ0n) is 14.4. The van der Waals surface area contributed by atoms with Crippen molar-refractivity contribution in [1.82, 2.24) is 25.5 Å². The third-order valence-corrected chi connectivity index (χ3v) is 5.11. The topological polar surface area (TPSA) is 78.5 Å². The molecule has 2 aliphatic rings. The lowest BCUT2D eigenvalue weighted by atomic mass is 10.1. The maximum atomic E-state index is 4.67. The Hall–Kier alpha value is -1.95. The average Bonchev–Trinajstić information content (AvgIpc) is 2.76. The van der Waals surface area contributed by atoms with Gasteiger partial charge in [-0.15, -0.1) is 0 Å². The van der Waals surface area contributed by atoms with E-state index in [2.05, 4.69) is 30.8 Å². The Bertz CT molecular complexity index is 721. The van der Waals surface area contributed by atoms with E-state index in [0.717, 1.165) is 62.7 Å². The molecular formula is C18H26N6. The lowest BCUT2D eigenvalue weighted by molar-refractivity contribution is 0.699. The van der Waals surface area contributed by atoms with Crippen LogP contribution in [0.4, 0.5) is 5.82 Å². The molecule has 0 aromatic carbocycles. The van der Waals surface area contributed by atoms with E-state index < -0.39 is 0 Å². The standard InChI is InChI=1S/C18H26N6/c1-12-21-15-8-10-19-9-7-14(15)18(22-12)20-11-17-13-5-3-2-4-6-16(13)23-24-17/h19H,2-11H2,1H3,(H,23,24)(H,20,21,22). The van der Waals surface area contributed by atoms with Gasteiger partial charge in [-0.2, -0.15) is 5.10 Å². The molecule has 0 amide bonds. The Balaban J connectivity index is 1.56. The molecule has 3 heterocycles. The minimum absolute atomic E-state index is 0.738. The molecule has 0 radical (unpaired) electrons. The van der Waals surface area contributed by atoms with Gasteiger partial charge in [-0.05, 0) is 51.1 Å². The predicted octanol–water partition coefficient (Wildman–Crippen LogP) is 2.08. The monoisotopic (exact) mass is 326 g/mol. The van der Waals surface area contributed by atoms with Gasteiger partial charge in [-0.1, -0.05) is 6.42 Å². The van der Waals surface area contributed by atoms with Crippen molar-refractivity contribution in [3.63, 3.8) is 0 Å². The van der Waals surface area contributed by atoms with Gasteiger partial charge in [0.25, 0.3) is 0 Å². The summed E-state index contributed by atoms with van der Waals surface area (Å²) in [4.78, 5) is 9.32. The summed E-state index contributed by atoms with van der Waals surface area (Å²) >= 11 is 0. The van der Waals surface area contributed by atoms with E-state index in [4.69, 9.17) is 0 Å². The van der Waals surface area contributed by atoms with E-state index in [1.165, 1.54) is 41.8 Å². The van der Waals surface area contributed by atoms with Crippen LogP contribution in [0.15, 0.2) is 0 Å². The molecule has 0 bridgehead atoms. The van der Waals surface area contributed by atoms with Crippen molar-refractivity contribution in [3.05, 3.63) is 34.0 Å². The molecule has 3 N–H and O–H groups in total. The first-order valence-electron chi connectivity index (χ1n) is 9.17. The molecule has 6 nitrogen and oxygen atoms in total. The van der Waals surface area contributed by atoms with Crippen LogP contribution < -0.4 is 10.6 Å². The molecule has 4 rings (SSSR count). The molecule has 6 heteroatoms. The Morgan fingerprint density at radius 2 is 1.83 bits per heavy atom. The number of nitrogens with one attached hydrogen (secondary N) is 3. The van der Waals surface area contributed by atoms with Gasteiger partial charge in [0.1, 0.15) is 11.6 Å². The Morgan fingerprint density at radius 3 is 2.79 bits per heavy atom. The summed E-state index contributed by atoms with van der Waals surface area (Å²) in [5.74, 6) is 1.84. The SMILES string of the molecule is Cc1nc2c(c(NCc3n[nH]c4c3CCCCC4)n1)CCNCC2. The lowest BCUT2D eigenvalue weighted by Gasteiger charge is -2.13. The highest BCUT2D eigenvalue weighted by Crippen LogP contribution is 2.24. The Kier molecular flexibility index (Phi) is 4.47. The fourth-order valence-corrected chi connectivity index (χ4v) is 3.85. The predicted molar refractivity (Wildman–Crippen MR) is 94.2 cm³/mol. The van der Waals surface area contributed by atoms with Crippen molar-refractivity contribution < 1.29 is 0 Å². The zero-order valence-corrected chi connectivity index (χ0v) is 14.4. The van der Waals surface area contributed by atoms with Crippen molar-refractivity contribution in [2.24, 2.45) is 0 Å². The minimum atomic E-state index is 0.738. The molecule has 0 fully saturated rings. The summed E-state index contributed by atoms with van der Waals surface area (Å²) in [6.45, 7) is 4.70. The van der Waals surface area contributed by atoms with E-state index in [0.29, 0.717) is 0 Å². The number of aromatic amines is 1. The summed E-state index contributed by atoms with van der Waals surface area (Å²) in [5, 5.41) is 14.8. The third-order valence-electron chi connectivity index (χ3n) is 5.11. The maximum absolute atomic E-state index is 4.67. The molecule has 0 spiro atoms. The molecule has 1 aliphatic carbocycles. The smallest absolute Gasteiger partial charge is 0.133 e. The molecule has 0 saturated heterocycles. The summed E-state index contributed by atoms with van der Waals surface area (Å²) < 4.78 is 0. The molecular weight excluding hydrogens is 300 g/mol. The molecule has 2 aromatic rings. The number of fused-ring (bicyclic) bond motifs is 2. The zero-order chi connectivity index (χ0) is 16.4. The van der Waals surface area contributed by atoms with Crippen LogP contribution in [0, 0.1) is 6.92 Å². The molecule has 1 aliphatic heterocycles. The van der Waals surface area contributed by atoms with E-state index in [1.807, 2.05) is 6.92 Å². The van der Waals surface area contributed by atoms with Crippen molar-refractivity contribution in [2.45, 2.75) is 58.4 Å². The summed E-state index contributed by atoms with van der Waals surface area (Å²) in [5.41, 5.74) is 6.39. The van der Waals surface area contributed by atoms with E-state index >= 15 is 0 Å². The number of anilines is 1. The molecule has 2 aromatic heterocycles. The van der Waals surface area contributed by atoms with Crippen molar-refractivity contribution in [2.75, 3.05) is 18.4 Å². The number of aryl methyl sites for hydroxylation is 2. The van der Waals surface area contributed by atoms with Crippen LogP contribution in [-0.4, -0.2) is 33.3 Å². The quantitative estimate of drug-likeness (QED) is 0.753. The lowest BCUT2D eigenvalue weighted by Crippen LogP contribution is -2.16. The van der Waals surface area contributed by atoms with Crippen molar-refractivity contribution in [1.29, 1.82) is 0 Å². The maximum Gasteiger partial charge on any atom is 0.133 e. The normalized spacial score (nSPS) is 17.5. The highest BCUT2D eigenvalue weighted by atomic mass is 15.1. The number of hydrogen-bond donors (Lipinski definition) is 3. The van der Waals surface area contributed by atoms with Gasteiger partial charge in [0, 0.05) is 24.2 Å². The Labute approximate surface area is 142 Å². The van der Waals surface area contributed by atoms with Crippen LogP contribution in [0.5, 0.6) is 0 Å². The van der Waals surface area contributed by atoms with Gasteiger partial charge >= 0.3 is 0 Å². The minimum Gasteiger partial charge on any atom is -0.364 e. The van der Waals surface area contributed by atoms with Crippen molar-refractivity contribution >= 4 is 5.82 Å². The molecule has 24 heavy (non-hydrogen) atoms. The van der Waals surface area contributed by atoms with Crippen LogP contribution in [0.2, 0.25) is 0 Å². The largest absolute Gasteiger partial charge is 0.364 e. The number of H-pyrrole nitrogens is 1. The van der Waals surface area contributed by atoms with E-state index in [-0.39, 0.29) is 0 Å². The first-order valence-corrected chi connectivity index (χ1v) is 9.17. The van der Waals surface area contributed by atoms with Crippen molar-refractivity contribution in [3.8, 4) is 0 Å². The van der Waals surface area contributed by atoms with Crippen LogP contribution in [0.1, 0.15) is 53.3 Å². The fourth-order valence-electron chi connectivity index (χ4n) is 3.85. The van der Waals surface area contributed by atoms with Gasteiger partial charge in [-0.25, -0.2) is 9.97 Å².